The first kappa shape index (κ1) is 15.2. The average Bonchev–Trinajstić information content (AvgIpc) is 2.38. The zero-order chi connectivity index (χ0) is 13.5. The highest BCUT2D eigenvalue weighted by Crippen LogP contribution is 2.27. The molecule has 0 unspecified atom stereocenters. The van der Waals surface area contributed by atoms with Gasteiger partial charge in [0, 0.05) is 22.2 Å². The van der Waals surface area contributed by atoms with Crippen LogP contribution in [0, 0.1) is 0 Å². The van der Waals surface area contributed by atoms with E-state index in [4.69, 9.17) is 4.74 Å². The number of alkyl halides is 1. The second-order valence-electron chi connectivity index (χ2n) is 3.47. The molecule has 0 aliphatic heterocycles. The van der Waals surface area contributed by atoms with E-state index < -0.39 is 0 Å². The Morgan fingerprint density at radius 1 is 1.33 bits per heavy atom. The van der Waals surface area contributed by atoms with Crippen LogP contribution in [0.5, 0.6) is 0 Å². The monoisotopic (exact) mass is 330 g/mol. The summed E-state index contributed by atoms with van der Waals surface area (Å²) in [6.45, 7) is 2.09. The Kier molecular flexibility index (Phi) is 6.43. The molecule has 98 valence electrons. The van der Waals surface area contributed by atoms with Crippen molar-refractivity contribution < 1.29 is 14.3 Å². The van der Waals surface area contributed by atoms with Gasteiger partial charge in [0.05, 0.1) is 12.2 Å². The molecule has 0 radical (unpaired) electrons. The van der Waals surface area contributed by atoms with E-state index >= 15 is 0 Å². The van der Waals surface area contributed by atoms with Gasteiger partial charge in [0.2, 0.25) is 0 Å². The van der Waals surface area contributed by atoms with Gasteiger partial charge in [0.1, 0.15) is 0 Å². The van der Waals surface area contributed by atoms with E-state index in [0.717, 1.165) is 0 Å². The van der Waals surface area contributed by atoms with Crippen molar-refractivity contribution in [3.8, 4) is 0 Å². The zero-order valence-electron chi connectivity index (χ0n) is 10.4. The van der Waals surface area contributed by atoms with Gasteiger partial charge in [0.25, 0.3) is 0 Å². The van der Waals surface area contributed by atoms with Crippen molar-refractivity contribution in [2.45, 2.75) is 18.2 Å². The predicted octanol–water partition coefficient (Wildman–Crippen LogP) is 3.55. The van der Waals surface area contributed by atoms with Crippen LogP contribution in [0.2, 0.25) is 0 Å². The van der Waals surface area contributed by atoms with E-state index in [1.54, 1.807) is 25.1 Å². The predicted molar refractivity (Wildman–Crippen MR) is 76.9 cm³/mol. The van der Waals surface area contributed by atoms with Crippen LogP contribution in [0.25, 0.3) is 0 Å². The third-order valence-corrected chi connectivity index (χ3v) is 3.58. The molecule has 0 fully saturated rings. The first-order valence-corrected chi connectivity index (χ1v) is 7.93. The van der Waals surface area contributed by atoms with Gasteiger partial charge >= 0.3 is 5.97 Å². The molecular formula is C13H15BrO3S. The third kappa shape index (κ3) is 3.59. The number of carbonyl (C=O) groups excluding carboxylic acids is 2. The minimum atomic E-state index is -0.379. The van der Waals surface area contributed by atoms with Gasteiger partial charge in [0.15, 0.2) is 5.78 Å². The van der Waals surface area contributed by atoms with Gasteiger partial charge in [-0.1, -0.05) is 28.1 Å². The van der Waals surface area contributed by atoms with Crippen molar-refractivity contribution >= 4 is 39.4 Å². The molecule has 0 aliphatic rings. The quantitative estimate of drug-likeness (QED) is 0.346. The van der Waals surface area contributed by atoms with Crippen LogP contribution < -0.4 is 0 Å². The Balaban J connectivity index is 3.17. The topological polar surface area (TPSA) is 43.4 Å². The Hall–Kier alpha value is -0.810. The Bertz CT molecular complexity index is 410. The van der Waals surface area contributed by atoms with E-state index in [2.05, 4.69) is 15.9 Å². The van der Waals surface area contributed by atoms with Crippen molar-refractivity contribution in [2.75, 3.05) is 18.2 Å². The van der Waals surface area contributed by atoms with Crippen LogP contribution in [0.1, 0.15) is 34.1 Å². The Labute approximate surface area is 119 Å². The number of rotatable bonds is 6. The summed E-state index contributed by atoms with van der Waals surface area (Å²) in [7, 11) is 0. The number of Topliss-reactive ketones (excluding diaryl/α,β-unsaturated/α-hetero) is 1. The molecular weight excluding hydrogens is 316 g/mol. The van der Waals surface area contributed by atoms with Crippen LogP contribution >= 0.6 is 27.7 Å². The standard InChI is InChI=1S/C13H15BrO3S/c1-3-17-13(16)10-6-4-5-9(12(10)18-2)11(15)7-8-14/h4-6H,3,7-8H2,1-2H3. The third-order valence-electron chi connectivity index (χ3n) is 2.34. The zero-order valence-corrected chi connectivity index (χ0v) is 12.8. The molecule has 0 aliphatic carbocycles. The highest BCUT2D eigenvalue weighted by atomic mass is 79.9. The molecule has 1 aromatic carbocycles. The van der Waals surface area contributed by atoms with Crippen molar-refractivity contribution in [3.63, 3.8) is 0 Å². The molecule has 0 atom stereocenters. The normalized spacial score (nSPS) is 10.2. The summed E-state index contributed by atoms with van der Waals surface area (Å²) in [5.74, 6) is -0.349. The number of hydrogen-bond acceptors (Lipinski definition) is 4. The summed E-state index contributed by atoms with van der Waals surface area (Å²) in [6.07, 6.45) is 2.27. The number of ketones is 1. The average molecular weight is 331 g/mol. The highest BCUT2D eigenvalue weighted by molar-refractivity contribution is 9.09. The van der Waals surface area contributed by atoms with Crippen molar-refractivity contribution in [1.82, 2.24) is 0 Å². The fraction of sp³-hybridized carbons (Fsp3) is 0.385. The maximum atomic E-state index is 12.0. The van der Waals surface area contributed by atoms with Crippen LogP contribution in [0.3, 0.4) is 0 Å². The van der Waals surface area contributed by atoms with E-state index in [1.807, 2.05) is 6.26 Å². The lowest BCUT2D eigenvalue weighted by Crippen LogP contribution is -2.10. The maximum absolute atomic E-state index is 12.0. The molecule has 0 aromatic heterocycles. The lowest BCUT2D eigenvalue weighted by molar-refractivity contribution is 0.0522. The molecule has 18 heavy (non-hydrogen) atoms. The van der Waals surface area contributed by atoms with E-state index in [0.29, 0.717) is 34.4 Å². The number of ether oxygens (including phenoxy) is 1. The number of hydrogen-bond donors (Lipinski definition) is 0. The Morgan fingerprint density at radius 2 is 2.00 bits per heavy atom. The van der Waals surface area contributed by atoms with Crippen LogP contribution in [0.4, 0.5) is 0 Å². The summed E-state index contributed by atoms with van der Waals surface area (Å²) in [6, 6.07) is 5.15. The minimum Gasteiger partial charge on any atom is -0.462 e. The molecule has 0 bridgehead atoms. The number of esters is 1. The van der Waals surface area contributed by atoms with Crippen LogP contribution in [0.15, 0.2) is 23.1 Å². The number of thioether (sulfide) groups is 1. The molecule has 5 heteroatoms. The molecule has 0 heterocycles. The smallest absolute Gasteiger partial charge is 0.339 e. The van der Waals surface area contributed by atoms with E-state index in [1.165, 1.54) is 11.8 Å². The molecule has 1 rings (SSSR count). The summed E-state index contributed by atoms with van der Waals surface area (Å²) in [4.78, 5) is 24.5. The fourth-order valence-electron chi connectivity index (χ4n) is 1.57. The number of halogens is 1. The van der Waals surface area contributed by atoms with Gasteiger partial charge in [-0.25, -0.2) is 4.79 Å². The first-order valence-electron chi connectivity index (χ1n) is 5.59. The molecule has 3 nitrogen and oxygen atoms in total. The Morgan fingerprint density at radius 3 is 2.56 bits per heavy atom. The lowest BCUT2D eigenvalue weighted by Gasteiger charge is -2.11. The largest absolute Gasteiger partial charge is 0.462 e. The number of carbonyl (C=O) groups is 2. The summed E-state index contributed by atoms with van der Waals surface area (Å²) in [5, 5.41) is 0.614. The van der Waals surface area contributed by atoms with Crippen molar-refractivity contribution in [1.29, 1.82) is 0 Å². The molecule has 0 saturated heterocycles. The van der Waals surface area contributed by atoms with Gasteiger partial charge in [-0.2, -0.15) is 0 Å². The molecule has 0 amide bonds. The first-order chi connectivity index (χ1) is 8.65. The SMILES string of the molecule is CCOC(=O)c1cccc(C(=O)CCBr)c1SC. The lowest BCUT2D eigenvalue weighted by atomic mass is 10.1. The summed E-state index contributed by atoms with van der Waals surface area (Å²) >= 11 is 4.64. The van der Waals surface area contributed by atoms with Crippen LogP contribution in [-0.2, 0) is 4.74 Å². The van der Waals surface area contributed by atoms with Gasteiger partial charge in [-0.3, -0.25) is 4.79 Å². The van der Waals surface area contributed by atoms with E-state index in [-0.39, 0.29) is 11.8 Å². The second kappa shape index (κ2) is 7.59. The molecule has 0 spiro atoms. The molecule has 0 N–H and O–H groups in total. The van der Waals surface area contributed by atoms with Crippen molar-refractivity contribution in [3.05, 3.63) is 29.3 Å². The van der Waals surface area contributed by atoms with Gasteiger partial charge in [-0.15, -0.1) is 11.8 Å². The van der Waals surface area contributed by atoms with E-state index in [9.17, 15) is 9.59 Å². The van der Waals surface area contributed by atoms with Crippen molar-refractivity contribution in [2.24, 2.45) is 0 Å². The fourth-order valence-corrected chi connectivity index (χ4v) is 2.70. The summed E-state index contributed by atoms with van der Waals surface area (Å²) < 4.78 is 4.99. The minimum absolute atomic E-state index is 0.0300. The maximum Gasteiger partial charge on any atom is 0.339 e. The number of benzene rings is 1. The second-order valence-corrected chi connectivity index (χ2v) is 5.08. The highest BCUT2D eigenvalue weighted by Gasteiger charge is 2.18. The molecule has 1 aromatic rings. The molecule has 0 saturated carbocycles. The van der Waals surface area contributed by atoms with Gasteiger partial charge < -0.3 is 4.74 Å². The summed E-state index contributed by atoms with van der Waals surface area (Å²) in [5.41, 5.74) is 1.05. The van der Waals surface area contributed by atoms with Crippen LogP contribution in [-0.4, -0.2) is 29.9 Å². The van der Waals surface area contributed by atoms with Gasteiger partial charge in [-0.05, 0) is 19.2 Å².